The van der Waals surface area contributed by atoms with Crippen LogP contribution in [0.2, 0.25) is 0 Å². The van der Waals surface area contributed by atoms with Gasteiger partial charge in [-0.2, -0.15) is 0 Å². The molecule has 3 heteroatoms. The highest BCUT2D eigenvalue weighted by molar-refractivity contribution is 5.18. The van der Waals surface area contributed by atoms with Gasteiger partial charge in [-0.25, -0.2) is 0 Å². The van der Waals surface area contributed by atoms with Gasteiger partial charge in [0.15, 0.2) is 0 Å². The molecule has 2 aliphatic rings. The summed E-state index contributed by atoms with van der Waals surface area (Å²) in [5.41, 5.74) is 1.38. The van der Waals surface area contributed by atoms with Crippen molar-refractivity contribution in [3.05, 3.63) is 11.8 Å². The van der Waals surface area contributed by atoms with E-state index >= 15 is 0 Å². The molecule has 3 atom stereocenters. The maximum Gasteiger partial charge on any atom is 0.0876 e. The third kappa shape index (κ3) is 4.23. The second kappa shape index (κ2) is 8.19. The van der Waals surface area contributed by atoms with Crippen LogP contribution < -0.4 is 5.32 Å². The molecule has 2 rings (SSSR count). The zero-order chi connectivity index (χ0) is 15.1. The van der Waals surface area contributed by atoms with Crippen LogP contribution in [0, 0.1) is 5.92 Å². The van der Waals surface area contributed by atoms with Crippen molar-refractivity contribution in [1.29, 1.82) is 0 Å². The Balaban J connectivity index is 2.22. The minimum absolute atomic E-state index is 0.0336. The van der Waals surface area contributed by atoms with E-state index in [4.69, 9.17) is 9.47 Å². The Morgan fingerprint density at radius 2 is 2.29 bits per heavy atom. The number of ether oxygens (including phenoxy) is 2. The fourth-order valence-electron chi connectivity index (χ4n) is 4.05. The highest BCUT2D eigenvalue weighted by atomic mass is 16.5. The van der Waals surface area contributed by atoms with Gasteiger partial charge in [0.25, 0.3) is 0 Å². The molecule has 3 unspecified atom stereocenters. The summed E-state index contributed by atoms with van der Waals surface area (Å²) in [6.45, 7) is 9.43. The van der Waals surface area contributed by atoms with Gasteiger partial charge in [-0.05, 0) is 57.1 Å². The van der Waals surface area contributed by atoms with Gasteiger partial charge >= 0.3 is 0 Å². The second-order valence-electron chi connectivity index (χ2n) is 6.75. The summed E-state index contributed by atoms with van der Waals surface area (Å²) in [5.74, 6) is 0.751. The summed E-state index contributed by atoms with van der Waals surface area (Å²) in [6, 6.07) is 0.320. The average Bonchev–Trinajstić information content (AvgIpc) is 2.49. The predicted molar refractivity (Wildman–Crippen MR) is 87.3 cm³/mol. The monoisotopic (exact) mass is 295 g/mol. The standard InChI is InChI=1S/C18H33NO2/c1-4-11-19-17(16-9-7-12-20-14-16)18(21-5-2)10-6-8-15(3)13-18/h14-15,17,19H,4-13H2,1-3H3. The van der Waals surface area contributed by atoms with E-state index in [0.717, 1.165) is 44.9 Å². The Labute approximate surface area is 130 Å². The summed E-state index contributed by atoms with van der Waals surface area (Å²) in [7, 11) is 0. The molecule has 0 bridgehead atoms. The Morgan fingerprint density at radius 1 is 1.43 bits per heavy atom. The van der Waals surface area contributed by atoms with Crippen LogP contribution in [0.25, 0.3) is 0 Å². The van der Waals surface area contributed by atoms with Crippen molar-refractivity contribution in [3.63, 3.8) is 0 Å². The third-order valence-electron chi connectivity index (χ3n) is 4.88. The quantitative estimate of drug-likeness (QED) is 0.769. The Morgan fingerprint density at radius 3 is 2.90 bits per heavy atom. The lowest BCUT2D eigenvalue weighted by Gasteiger charge is -2.47. The molecule has 0 amide bonds. The van der Waals surface area contributed by atoms with Crippen LogP contribution in [0.5, 0.6) is 0 Å². The molecule has 3 nitrogen and oxygen atoms in total. The molecular weight excluding hydrogens is 262 g/mol. The molecule has 0 saturated heterocycles. The van der Waals surface area contributed by atoms with Gasteiger partial charge in [0.2, 0.25) is 0 Å². The van der Waals surface area contributed by atoms with E-state index < -0.39 is 0 Å². The molecule has 1 aliphatic heterocycles. The van der Waals surface area contributed by atoms with Crippen LogP contribution in [0.15, 0.2) is 11.8 Å². The molecular formula is C18H33NO2. The predicted octanol–water partition coefficient (Wildman–Crippen LogP) is 4.03. The normalized spacial score (nSPS) is 31.4. The van der Waals surface area contributed by atoms with Gasteiger partial charge in [0.05, 0.1) is 24.5 Å². The zero-order valence-electron chi connectivity index (χ0n) is 14.1. The van der Waals surface area contributed by atoms with E-state index in [9.17, 15) is 0 Å². The molecule has 1 saturated carbocycles. The van der Waals surface area contributed by atoms with Crippen LogP contribution in [0.3, 0.4) is 0 Å². The van der Waals surface area contributed by atoms with Gasteiger partial charge < -0.3 is 14.8 Å². The molecule has 1 N–H and O–H groups in total. The van der Waals surface area contributed by atoms with Crippen LogP contribution in [-0.4, -0.2) is 31.4 Å². The minimum atomic E-state index is -0.0336. The van der Waals surface area contributed by atoms with Crippen LogP contribution in [-0.2, 0) is 9.47 Å². The van der Waals surface area contributed by atoms with Gasteiger partial charge in [-0.3, -0.25) is 0 Å². The third-order valence-corrected chi connectivity index (χ3v) is 4.88. The summed E-state index contributed by atoms with van der Waals surface area (Å²) < 4.78 is 12.0. The van der Waals surface area contributed by atoms with E-state index in [1.165, 1.54) is 31.3 Å². The van der Waals surface area contributed by atoms with Crippen molar-refractivity contribution in [1.82, 2.24) is 5.32 Å². The lowest BCUT2D eigenvalue weighted by atomic mass is 9.72. The first-order valence-electron chi connectivity index (χ1n) is 8.89. The minimum Gasteiger partial charge on any atom is -0.501 e. The van der Waals surface area contributed by atoms with Gasteiger partial charge in [0.1, 0.15) is 0 Å². The first kappa shape index (κ1) is 16.8. The average molecular weight is 295 g/mol. The first-order chi connectivity index (χ1) is 10.2. The second-order valence-corrected chi connectivity index (χ2v) is 6.75. The van der Waals surface area contributed by atoms with Gasteiger partial charge in [0, 0.05) is 6.61 Å². The van der Waals surface area contributed by atoms with Crippen molar-refractivity contribution in [2.75, 3.05) is 19.8 Å². The lowest BCUT2D eigenvalue weighted by Crippen LogP contribution is -2.56. The van der Waals surface area contributed by atoms with Crippen LogP contribution >= 0.6 is 0 Å². The van der Waals surface area contributed by atoms with Crippen molar-refractivity contribution < 1.29 is 9.47 Å². The maximum absolute atomic E-state index is 6.39. The fraction of sp³-hybridized carbons (Fsp3) is 0.889. The Hall–Kier alpha value is -0.540. The molecule has 0 aromatic rings. The van der Waals surface area contributed by atoms with E-state index in [1.54, 1.807) is 0 Å². The molecule has 1 heterocycles. The fourth-order valence-corrected chi connectivity index (χ4v) is 4.05. The SMILES string of the molecule is CCCNC(C1=COCCC1)C1(OCC)CCCC(C)C1. The van der Waals surface area contributed by atoms with Gasteiger partial charge in [-0.1, -0.05) is 26.7 Å². The van der Waals surface area contributed by atoms with E-state index in [0.29, 0.717) is 6.04 Å². The largest absolute Gasteiger partial charge is 0.501 e. The maximum atomic E-state index is 6.39. The molecule has 0 aromatic heterocycles. The number of nitrogens with one attached hydrogen (secondary N) is 1. The summed E-state index contributed by atoms with van der Waals surface area (Å²) in [6.07, 6.45) is 10.4. The van der Waals surface area contributed by atoms with E-state index in [2.05, 4.69) is 26.1 Å². The van der Waals surface area contributed by atoms with Crippen molar-refractivity contribution >= 4 is 0 Å². The Bertz CT molecular complexity index is 338. The summed E-state index contributed by atoms with van der Waals surface area (Å²) in [5, 5.41) is 3.78. The molecule has 122 valence electrons. The van der Waals surface area contributed by atoms with E-state index in [-0.39, 0.29) is 5.60 Å². The summed E-state index contributed by atoms with van der Waals surface area (Å²) >= 11 is 0. The van der Waals surface area contributed by atoms with E-state index in [1.807, 2.05) is 6.26 Å². The van der Waals surface area contributed by atoms with Crippen LogP contribution in [0.4, 0.5) is 0 Å². The van der Waals surface area contributed by atoms with Crippen LogP contribution in [0.1, 0.15) is 65.7 Å². The highest BCUT2D eigenvalue weighted by Crippen LogP contribution is 2.41. The zero-order valence-corrected chi connectivity index (χ0v) is 14.1. The van der Waals surface area contributed by atoms with Crippen molar-refractivity contribution in [2.45, 2.75) is 77.4 Å². The molecule has 0 spiro atoms. The van der Waals surface area contributed by atoms with Crippen molar-refractivity contribution in [2.24, 2.45) is 5.92 Å². The Kier molecular flexibility index (Phi) is 6.56. The first-order valence-corrected chi connectivity index (χ1v) is 8.89. The van der Waals surface area contributed by atoms with Gasteiger partial charge in [-0.15, -0.1) is 0 Å². The topological polar surface area (TPSA) is 30.5 Å². The number of rotatable bonds is 7. The van der Waals surface area contributed by atoms with Crippen molar-refractivity contribution in [3.8, 4) is 0 Å². The molecule has 1 aliphatic carbocycles. The smallest absolute Gasteiger partial charge is 0.0876 e. The number of hydrogen-bond acceptors (Lipinski definition) is 3. The molecule has 21 heavy (non-hydrogen) atoms. The highest BCUT2D eigenvalue weighted by Gasteiger charge is 2.44. The molecule has 1 fully saturated rings. The molecule has 0 aromatic carbocycles. The lowest BCUT2D eigenvalue weighted by molar-refractivity contribution is -0.0940. The molecule has 0 radical (unpaired) electrons. The summed E-state index contributed by atoms with van der Waals surface area (Å²) in [4.78, 5) is 0. The number of hydrogen-bond donors (Lipinski definition) is 1.